The van der Waals surface area contributed by atoms with E-state index in [1.54, 1.807) is 5.57 Å². The predicted molar refractivity (Wildman–Crippen MR) is 133 cm³/mol. The van der Waals surface area contributed by atoms with E-state index in [1.807, 2.05) is 12.3 Å². The fourth-order valence-electron chi connectivity index (χ4n) is 4.59. The van der Waals surface area contributed by atoms with Gasteiger partial charge in [0.1, 0.15) is 5.82 Å². The lowest BCUT2D eigenvalue weighted by Crippen LogP contribution is -2.31. The molecule has 172 valence electrons. The first-order valence-corrected chi connectivity index (χ1v) is 12.4. The van der Waals surface area contributed by atoms with E-state index in [1.165, 1.54) is 51.5 Å². The molecule has 1 aliphatic heterocycles. The minimum atomic E-state index is 0.654. The summed E-state index contributed by atoms with van der Waals surface area (Å²) in [7, 11) is 2.24. The van der Waals surface area contributed by atoms with Crippen LogP contribution in [0.1, 0.15) is 65.2 Å². The molecule has 1 aromatic heterocycles. The molecular formula is C26H43N5. The zero-order valence-corrected chi connectivity index (χ0v) is 20.0. The van der Waals surface area contributed by atoms with Crippen LogP contribution in [-0.2, 0) is 0 Å². The van der Waals surface area contributed by atoms with Crippen LogP contribution < -0.4 is 10.2 Å². The van der Waals surface area contributed by atoms with Crippen LogP contribution >= 0.6 is 0 Å². The highest BCUT2D eigenvalue weighted by Crippen LogP contribution is 2.26. The van der Waals surface area contributed by atoms with Gasteiger partial charge in [0.05, 0.1) is 0 Å². The van der Waals surface area contributed by atoms with E-state index in [4.69, 9.17) is 4.98 Å². The fourth-order valence-corrected chi connectivity index (χ4v) is 4.59. The van der Waals surface area contributed by atoms with E-state index in [2.05, 4.69) is 59.2 Å². The van der Waals surface area contributed by atoms with Gasteiger partial charge in [-0.15, -0.1) is 0 Å². The Morgan fingerprint density at radius 3 is 2.74 bits per heavy atom. The molecule has 1 fully saturated rings. The van der Waals surface area contributed by atoms with Crippen LogP contribution in [0, 0.1) is 11.8 Å². The highest BCUT2D eigenvalue weighted by molar-refractivity contribution is 5.42. The SMILES string of the molecule is CC(C)C=CCC1=CCC(CN(C)CCNc2nccc(N3CCCCCC3)n2)CC1. The van der Waals surface area contributed by atoms with Gasteiger partial charge in [0, 0.05) is 38.9 Å². The molecule has 1 atom stereocenters. The maximum Gasteiger partial charge on any atom is 0.224 e. The smallest absolute Gasteiger partial charge is 0.224 e. The summed E-state index contributed by atoms with van der Waals surface area (Å²) in [5.74, 6) is 3.27. The topological polar surface area (TPSA) is 44.3 Å². The molecule has 31 heavy (non-hydrogen) atoms. The van der Waals surface area contributed by atoms with Crippen LogP contribution in [-0.4, -0.2) is 54.6 Å². The van der Waals surface area contributed by atoms with Crippen molar-refractivity contribution in [2.24, 2.45) is 11.8 Å². The predicted octanol–water partition coefficient (Wildman–Crippen LogP) is 5.53. The molecule has 2 aliphatic rings. The number of nitrogens with one attached hydrogen (secondary N) is 1. The third-order valence-corrected chi connectivity index (χ3v) is 6.43. The zero-order chi connectivity index (χ0) is 21.9. The molecule has 0 radical (unpaired) electrons. The van der Waals surface area contributed by atoms with Crippen molar-refractivity contribution in [1.82, 2.24) is 14.9 Å². The van der Waals surface area contributed by atoms with Crippen molar-refractivity contribution in [3.63, 3.8) is 0 Å². The van der Waals surface area contributed by atoms with Crippen molar-refractivity contribution >= 4 is 11.8 Å². The average molecular weight is 426 g/mol. The first-order chi connectivity index (χ1) is 15.1. The number of hydrogen-bond donors (Lipinski definition) is 1. The monoisotopic (exact) mass is 425 g/mol. The molecule has 0 spiro atoms. The minimum absolute atomic E-state index is 0.654. The minimum Gasteiger partial charge on any atom is -0.356 e. The Hall–Kier alpha value is -1.88. The Balaban J connectivity index is 1.36. The largest absolute Gasteiger partial charge is 0.356 e. The van der Waals surface area contributed by atoms with Crippen LogP contribution in [0.4, 0.5) is 11.8 Å². The molecule has 0 aromatic carbocycles. The molecule has 1 N–H and O–H groups in total. The Morgan fingerprint density at radius 1 is 1.23 bits per heavy atom. The molecule has 1 unspecified atom stereocenters. The molecule has 5 heteroatoms. The molecule has 2 heterocycles. The molecular weight excluding hydrogens is 382 g/mol. The molecule has 3 rings (SSSR count). The van der Waals surface area contributed by atoms with E-state index in [0.29, 0.717) is 5.92 Å². The Bertz CT molecular complexity index is 704. The van der Waals surface area contributed by atoms with Gasteiger partial charge in [0.15, 0.2) is 0 Å². The summed E-state index contributed by atoms with van der Waals surface area (Å²) in [6.45, 7) is 9.78. The van der Waals surface area contributed by atoms with Crippen molar-refractivity contribution < 1.29 is 0 Å². The Kier molecular flexibility index (Phi) is 9.85. The van der Waals surface area contributed by atoms with Crippen LogP contribution in [0.25, 0.3) is 0 Å². The van der Waals surface area contributed by atoms with Gasteiger partial charge in [-0.05, 0) is 63.5 Å². The third-order valence-electron chi connectivity index (χ3n) is 6.43. The second-order valence-electron chi connectivity index (χ2n) is 9.71. The van der Waals surface area contributed by atoms with Gasteiger partial charge in [0.2, 0.25) is 5.95 Å². The standard InChI is InChI=1S/C26H43N5/c1-22(2)9-8-10-23-11-13-24(14-12-23)21-30(3)20-17-28-26-27-16-15-25(29-26)31-18-6-4-5-7-19-31/h8-9,11,15-16,22,24H,4-7,10,12-14,17-21H2,1-3H3,(H,27,28,29). The normalized spacial score (nSPS) is 20.4. The lowest BCUT2D eigenvalue weighted by Gasteiger charge is -2.27. The van der Waals surface area contributed by atoms with Crippen molar-refractivity contribution in [1.29, 1.82) is 0 Å². The molecule has 0 bridgehead atoms. The first-order valence-electron chi connectivity index (χ1n) is 12.4. The van der Waals surface area contributed by atoms with Gasteiger partial charge in [-0.1, -0.05) is 50.5 Å². The summed E-state index contributed by atoms with van der Waals surface area (Å²) in [6.07, 6.45) is 19.2. The van der Waals surface area contributed by atoms with Gasteiger partial charge in [-0.25, -0.2) is 4.98 Å². The third kappa shape index (κ3) is 8.64. The van der Waals surface area contributed by atoms with E-state index >= 15 is 0 Å². The lowest BCUT2D eigenvalue weighted by atomic mass is 9.88. The summed E-state index contributed by atoms with van der Waals surface area (Å²) in [5.41, 5.74) is 1.62. The van der Waals surface area contributed by atoms with E-state index in [9.17, 15) is 0 Å². The molecule has 1 aromatic rings. The number of likely N-dealkylation sites (N-methyl/N-ethyl adjacent to an activating group) is 1. The number of anilines is 2. The van der Waals surface area contributed by atoms with Crippen LogP contribution in [0.5, 0.6) is 0 Å². The number of hydrogen-bond acceptors (Lipinski definition) is 5. The van der Waals surface area contributed by atoms with Crippen LogP contribution in [0.2, 0.25) is 0 Å². The zero-order valence-electron chi connectivity index (χ0n) is 20.0. The highest BCUT2D eigenvalue weighted by Gasteiger charge is 2.16. The maximum atomic E-state index is 4.77. The van der Waals surface area contributed by atoms with Crippen molar-refractivity contribution in [3.8, 4) is 0 Å². The number of allylic oxidation sites excluding steroid dienone is 4. The second-order valence-corrected chi connectivity index (χ2v) is 9.71. The van der Waals surface area contributed by atoms with Gasteiger partial charge >= 0.3 is 0 Å². The van der Waals surface area contributed by atoms with Gasteiger partial charge in [-0.3, -0.25) is 0 Å². The van der Waals surface area contributed by atoms with E-state index in [0.717, 1.165) is 50.3 Å². The second kappa shape index (κ2) is 12.8. The van der Waals surface area contributed by atoms with Crippen molar-refractivity contribution in [3.05, 3.63) is 36.1 Å². The van der Waals surface area contributed by atoms with Crippen molar-refractivity contribution in [2.45, 2.75) is 65.2 Å². The van der Waals surface area contributed by atoms with Crippen LogP contribution in [0.15, 0.2) is 36.1 Å². The molecule has 1 aliphatic carbocycles. The maximum absolute atomic E-state index is 4.77. The number of rotatable bonds is 10. The first kappa shape index (κ1) is 23.8. The summed E-state index contributed by atoms with van der Waals surface area (Å²) >= 11 is 0. The molecule has 0 saturated carbocycles. The van der Waals surface area contributed by atoms with Crippen LogP contribution in [0.3, 0.4) is 0 Å². The summed E-state index contributed by atoms with van der Waals surface area (Å²) < 4.78 is 0. The van der Waals surface area contributed by atoms with Gasteiger partial charge in [-0.2, -0.15) is 4.98 Å². The summed E-state index contributed by atoms with van der Waals surface area (Å²) in [4.78, 5) is 14.1. The van der Waals surface area contributed by atoms with E-state index < -0.39 is 0 Å². The van der Waals surface area contributed by atoms with Gasteiger partial charge < -0.3 is 15.1 Å². The van der Waals surface area contributed by atoms with E-state index in [-0.39, 0.29) is 0 Å². The number of aromatic nitrogens is 2. The van der Waals surface area contributed by atoms with Gasteiger partial charge in [0.25, 0.3) is 0 Å². The fraction of sp³-hybridized carbons (Fsp3) is 0.692. The van der Waals surface area contributed by atoms with Crippen molar-refractivity contribution in [2.75, 3.05) is 50.0 Å². The summed E-state index contributed by atoms with van der Waals surface area (Å²) in [6, 6.07) is 2.05. The molecule has 0 amide bonds. The molecule has 5 nitrogen and oxygen atoms in total. The highest BCUT2D eigenvalue weighted by atomic mass is 15.2. The molecule has 1 saturated heterocycles. The Labute approximate surface area is 190 Å². The quantitative estimate of drug-likeness (QED) is 0.499. The number of nitrogens with zero attached hydrogens (tertiary/aromatic N) is 4. The average Bonchev–Trinajstić information content (AvgIpc) is 3.05. The summed E-state index contributed by atoms with van der Waals surface area (Å²) in [5, 5.41) is 3.44. The Morgan fingerprint density at radius 2 is 2.03 bits per heavy atom. The lowest BCUT2D eigenvalue weighted by molar-refractivity contribution is 0.271.